The van der Waals surface area contributed by atoms with E-state index in [1.165, 1.54) is 11.1 Å². The van der Waals surface area contributed by atoms with Crippen molar-refractivity contribution < 1.29 is 4.79 Å². The van der Waals surface area contributed by atoms with Crippen molar-refractivity contribution in [3.8, 4) is 0 Å². The Bertz CT molecular complexity index is 747. The number of amides is 1. The van der Waals surface area contributed by atoms with Crippen LogP contribution in [-0.4, -0.2) is 23.0 Å². The van der Waals surface area contributed by atoms with Gasteiger partial charge in [0.15, 0.2) is 0 Å². The molecule has 3 N–H and O–H groups in total. The summed E-state index contributed by atoms with van der Waals surface area (Å²) in [7, 11) is 0. The Labute approximate surface area is 155 Å². The van der Waals surface area contributed by atoms with E-state index in [0.717, 1.165) is 30.4 Å². The number of aromatic nitrogens is 1. The summed E-state index contributed by atoms with van der Waals surface area (Å²) in [4.78, 5) is 17.1. The lowest BCUT2D eigenvalue weighted by Gasteiger charge is -2.22. The van der Waals surface area contributed by atoms with Gasteiger partial charge in [0, 0.05) is 18.4 Å². The summed E-state index contributed by atoms with van der Waals surface area (Å²) >= 11 is 0. The van der Waals surface area contributed by atoms with E-state index < -0.39 is 0 Å². The highest BCUT2D eigenvalue weighted by Gasteiger charge is 2.30. The van der Waals surface area contributed by atoms with Crippen LogP contribution in [0.3, 0.4) is 0 Å². The summed E-state index contributed by atoms with van der Waals surface area (Å²) in [6, 6.07) is 10.2. The second kappa shape index (κ2) is 8.43. The van der Waals surface area contributed by atoms with E-state index in [-0.39, 0.29) is 18.0 Å². The standard InChI is InChI=1S/C21H28N4O/c1-4-6-18-12-19(25-24-18)21(26)23-20(17-7-5-10-22-13-17)16-9-8-14(2)15(3)11-16/h5,7-11,13,18-20,24-25H,4,6,12H2,1-3H3,(H,23,26). The number of nitrogens with one attached hydrogen (secondary N) is 3. The van der Waals surface area contributed by atoms with E-state index in [1.807, 2.05) is 18.3 Å². The minimum absolute atomic E-state index is 0.0168. The zero-order valence-electron chi connectivity index (χ0n) is 15.8. The molecule has 0 spiro atoms. The zero-order valence-corrected chi connectivity index (χ0v) is 15.8. The molecule has 0 aliphatic carbocycles. The number of rotatable bonds is 6. The van der Waals surface area contributed by atoms with Gasteiger partial charge in [-0.3, -0.25) is 15.2 Å². The largest absolute Gasteiger partial charge is 0.344 e. The van der Waals surface area contributed by atoms with Crippen LogP contribution in [0.25, 0.3) is 0 Å². The van der Waals surface area contributed by atoms with E-state index in [2.05, 4.69) is 60.1 Å². The highest BCUT2D eigenvalue weighted by atomic mass is 16.2. The fourth-order valence-corrected chi connectivity index (χ4v) is 3.42. The van der Waals surface area contributed by atoms with Gasteiger partial charge in [-0.2, -0.15) is 0 Å². The second-order valence-corrected chi connectivity index (χ2v) is 7.13. The van der Waals surface area contributed by atoms with Crippen LogP contribution in [0.5, 0.6) is 0 Å². The number of benzene rings is 1. The third kappa shape index (κ3) is 4.29. The van der Waals surface area contributed by atoms with Gasteiger partial charge < -0.3 is 5.32 Å². The molecule has 1 aliphatic heterocycles. The number of nitrogens with zero attached hydrogens (tertiary/aromatic N) is 1. The van der Waals surface area contributed by atoms with Crippen molar-refractivity contribution in [1.29, 1.82) is 0 Å². The number of hydrogen-bond acceptors (Lipinski definition) is 4. The van der Waals surface area contributed by atoms with Crippen molar-refractivity contribution >= 4 is 5.91 Å². The minimum Gasteiger partial charge on any atom is -0.344 e. The topological polar surface area (TPSA) is 66.0 Å². The van der Waals surface area contributed by atoms with Gasteiger partial charge in [-0.15, -0.1) is 0 Å². The number of pyridine rings is 1. The van der Waals surface area contributed by atoms with E-state index in [4.69, 9.17) is 0 Å². The zero-order chi connectivity index (χ0) is 18.5. The Kier molecular flexibility index (Phi) is 6.01. The van der Waals surface area contributed by atoms with E-state index in [1.54, 1.807) is 6.20 Å². The van der Waals surface area contributed by atoms with Crippen LogP contribution >= 0.6 is 0 Å². The first-order valence-corrected chi connectivity index (χ1v) is 9.37. The summed E-state index contributed by atoms with van der Waals surface area (Å²) in [6.45, 7) is 6.35. The van der Waals surface area contributed by atoms with Gasteiger partial charge in [0.25, 0.3) is 0 Å². The first kappa shape index (κ1) is 18.5. The molecular weight excluding hydrogens is 324 g/mol. The molecule has 2 heterocycles. The number of hydrogen-bond donors (Lipinski definition) is 3. The van der Waals surface area contributed by atoms with Crippen LogP contribution in [0.15, 0.2) is 42.7 Å². The Morgan fingerprint density at radius 3 is 2.77 bits per heavy atom. The highest BCUT2D eigenvalue weighted by Crippen LogP contribution is 2.24. The summed E-state index contributed by atoms with van der Waals surface area (Å²) in [6.07, 6.45) is 6.56. The fourth-order valence-electron chi connectivity index (χ4n) is 3.42. The van der Waals surface area contributed by atoms with Crippen molar-refractivity contribution in [2.24, 2.45) is 0 Å². The maximum absolute atomic E-state index is 12.9. The summed E-state index contributed by atoms with van der Waals surface area (Å²) in [5, 5.41) is 3.22. The van der Waals surface area contributed by atoms with Crippen LogP contribution in [0, 0.1) is 13.8 Å². The van der Waals surface area contributed by atoms with Crippen molar-refractivity contribution in [3.63, 3.8) is 0 Å². The molecule has 5 heteroatoms. The lowest BCUT2D eigenvalue weighted by molar-refractivity contribution is -0.123. The predicted octanol–water partition coefficient (Wildman–Crippen LogP) is 2.94. The molecule has 0 bridgehead atoms. The molecule has 1 aromatic carbocycles. The average molecular weight is 352 g/mol. The lowest BCUT2D eigenvalue weighted by Crippen LogP contribution is -2.44. The molecule has 3 rings (SSSR count). The molecular formula is C21H28N4O. The summed E-state index contributed by atoms with van der Waals surface area (Å²) in [5.41, 5.74) is 10.9. The lowest BCUT2D eigenvalue weighted by atomic mass is 9.96. The molecule has 1 fully saturated rings. The Balaban J connectivity index is 1.80. The van der Waals surface area contributed by atoms with Crippen LogP contribution in [0.2, 0.25) is 0 Å². The third-order valence-electron chi connectivity index (χ3n) is 5.10. The van der Waals surface area contributed by atoms with E-state index >= 15 is 0 Å². The van der Waals surface area contributed by atoms with E-state index in [0.29, 0.717) is 6.04 Å². The third-order valence-corrected chi connectivity index (χ3v) is 5.10. The fraction of sp³-hybridized carbons (Fsp3) is 0.429. The van der Waals surface area contributed by atoms with Gasteiger partial charge in [-0.25, -0.2) is 5.43 Å². The number of carbonyl (C=O) groups is 1. The van der Waals surface area contributed by atoms with Gasteiger partial charge in [0.05, 0.1) is 6.04 Å². The smallest absolute Gasteiger partial charge is 0.239 e. The van der Waals surface area contributed by atoms with E-state index in [9.17, 15) is 4.79 Å². The molecule has 1 saturated heterocycles. The van der Waals surface area contributed by atoms with Gasteiger partial charge in [0.2, 0.25) is 5.91 Å². The molecule has 0 radical (unpaired) electrons. The van der Waals surface area contributed by atoms with Crippen molar-refractivity contribution in [3.05, 3.63) is 65.0 Å². The molecule has 138 valence electrons. The quantitative estimate of drug-likeness (QED) is 0.748. The minimum atomic E-state index is -0.211. The first-order chi connectivity index (χ1) is 12.6. The Morgan fingerprint density at radius 1 is 1.23 bits per heavy atom. The molecule has 1 aromatic heterocycles. The normalized spacial score (nSPS) is 20.7. The molecule has 1 aliphatic rings. The van der Waals surface area contributed by atoms with Crippen LogP contribution in [-0.2, 0) is 4.79 Å². The van der Waals surface area contributed by atoms with Crippen LogP contribution in [0.1, 0.15) is 54.5 Å². The number of aryl methyl sites for hydroxylation is 2. The van der Waals surface area contributed by atoms with Gasteiger partial charge in [0.1, 0.15) is 6.04 Å². The maximum Gasteiger partial charge on any atom is 0.239 e. The Morgan fingerprint density at radius 2 is 2.08 bits per heavy atom. The summed E-state index contributed by atoms with van der Waals surface area (Å²) < 4.78 is 0. The molecule has 3 unspecified atom stereocenters. The molecule has 5 nitrogen and oxygen atoms in total. The molecule has 26 heavy (non-hydrogen) atoms. The molecule has 1 amide bonds. The van der Waals surface area contributed by atoms with Crippen molar-refractivity contribution in [1.82, 2.24) is 21.2 Å². The number of carbonyl (C=O) groups excluding carboxylic acids is 1. The van der Waals surface area contributed by atoms with Crippen LogP contribution in [0.4, 0.5) is 0 Å². The van der Waals surface area contributed by atoms with Crippen LogP contribution < -0.4 is 16.2 Å². The van der Waals surface area contributed by atoms with Gasteiger partial charge in [-0.05, 0) is 55.0 Å². The molecule has 0 saturated carbocycles. The maximum atomic E-state index is 12.9. The summed E-state index contributed by atoms with van der Waals surface area (Å²) in [5.74, 6) is 0.0168. The second-order valence-electron chi connectivity index (χ2n) is 7.13. The Hall–Kier alpha value is -2.24. The SMILES string of the molecule is CCCC1CC(C(=O)NC(c2cccnc2)c2ccc(C)c(C)c2)NN1. The average Bonchev–Trinajstić information content (AvgIpc) is 3.12. The van der Waals surface area contributed by atoms with Gasteiger partial charge >= 0.3 is 0 Å². The predicted molar refractivity (Wildman–Crippen MR) is 104 cm³/mol. The monoisotopic (exact) mass is 352 g/mol. The number of hydrazine groups is 1. The van der Waals surface area contributed by atoms with Gasteiger partial charge in [-0.1, -0.05) is 37.6 Å². The first-order valence-electron chi connectivity index (χ1n) is 9.37. The molecule has 3 atom stereocenters. The van der Waals surface area contributed by atoms with Crippen molar-refractivity contribution in [2.45, 2.75) is 58.2 Å². The highest BCUT2D eigenvalue weighted by molar-refractivity contribution is 5.83. The van der Waals surface area contributed by atoms with Crippen molar-refractivity contribution in [2.75, 3.05) is 0 Å². The molecule has 2 aromatic rings.